The lowest BCUT2D eigenvalue weighted by Gasteiger charge is -2.11. The Balaban J connectivity index is 2.91. The Morgan fingerprint density at radius 3 is 2.47 bits per heavy atom. The molecule has 0 spiro atoms. The molecule has 1 nitrogen and oxygen atoms in total. The minimum Gasteiger partial charge on any atom is -0.496 e. The highest BCUT2D eigenvalue weighted by Gasteiger charge is 2.08. The monoisotopic (exact) mass is 264 g/mol. The minimum absolute atomic E-state index is 0.969. The van der Waals surface area contributed by atoms with Crippen molar-refractivity contribution in [2.24, 2.45) is 0 Å². The summed E-state index contributed by atoms with van der Waals surface area (Å²) in [6.07, 6.45) is 0. The molecular formula is C13H13BrO. The van der Waals surface area contributed by atoms with Crippen molar-refractivity contribution in [1.82, 2.24) is 0 Å². The molecule has 0 atom stereocenters. The standard InChI is InChI=1S/C13H13BrO/c1-8-4-5-10-11(6-8)13(15-3)9(2)7-12(10)14/h4-7H,1-3H3. The lowest BCUT2D eigenvalue weighted by atomic mass is 10.0. The molecule has 0 saturated carbocycles. The van der Waals surface area contributed by atoms with Crippen molar-refractivity contribution in [2.75, 3.05) is 7.11 Å². The highest BCUT2D eigenvalue weighted by molar-refractivity contribution is 9.10. The second-order valence-electron chi connectivity index (χ2n) is 3.76. The molecule has 0 unspecified atom stereocenters. The molecule has 0 aliphatic heterocycles. The number of methoxy groups -OCH3 is 1. The van der Waals surface area contributed by atoms with Crippen LogP contribution in [0.3, 0.4) is 0 Å². The number of benzene rings is 2. The number of fused-ring (bicyclic) bond motifs is 1. The molecule has 0 aromatic heterocycles. The van der Waals surface area contributed by atoms with E-state index in [1.807, 2.05) is 0 Å². The van der Waals surface area contributed by atoms with Crippen LogP contribution in [0, 0.1) is 13.8 Å². The first-order valence-corrected chi connectivity index (χ1v) is 5.66. The van der Waals surface area contributed by atoms with Crippen LogP contribution in [0.2, 0.25) is 0 Å². The van der Waals surface area contributed by atoms with Gasteiger partial charge in [0.1, 0.15) is 5.75 Å². The van der Waals surface area contributed by atoms with Gasteiger partial charge in [0.25, 0.3) is 0 Å². The van der Waals surface area contributed by atoms with Crippen LogP contribution in [0.5, 0.6) is 5.75 Å². The van der Waals surface area contributed by atoms with Crippen LogP contribution >= 0.6 is 15.9 Å². The van der Waals surface area contributed by atoms with Gasteiger partial charge in [0.15, 0.2) is 0 Å². The summed E-state index contributed by atoms with van der Waals surface area (Å²) in [6, 6.07) is 8.49. The van der Waals surface area contributed by atoms with Crippen molar-refractivity contribution in [2.45, 2.75) is 13.8 Å². The van der Waals surface area contributed by atoms with E-state index < -0.39 is 0 Å². The third-order valence-corrected chi connectivity index (χ3v) is 3.24. The van der Waals surface area contributed by atoms with Crippen LogP contribution in [-0.2, 0) is 0 Å². The molecule has 0 N–H and O–H groups in total. The van der Waals surface area contributed by atoms with Crippen LogP contribution in [0.15, 0.2) is 28.7 Å². The lowest BCUT2D eigenvalue weighted by Crippen LogP contribution is -1.90. The fraction of sp³-hybridized carbons (Fsp3) is 0.231. The summed E-state index contributed by atoms with van der Waals surface area (Å²) in [5, 5.41) is 2.37. The molecule has 78 valence electrons. The first-order valence-electron chi connectivity index (χ1n) is 4.87. The van der Waals surface area contributed by atoms with Crippen molar-refractivity contribution < 1.29 is 4.74 Å². The van der Waals surface area contributed by atoms with Crippen LogP contribution < -0.4 is 4.74 Å². The molecule has 0 fully saturated rings. The zero-order chi connectivity index (χ0) is 11.0. The van der Waals surface area contributed by atoms with E-state index in [1.54, 1.807) is 7.11 Å². The average Bonchev–Trinajstić information content (AvgIpc) is 2.17. The van der Waals surface area contributed by atoms with Gasteiger partial charge in [-0.25, -0.2) is 0 Å². The second-order valence-corrected chi connectivity index (χ2v) is 4.61. The zero-order valence-electron chi connectivity index (χ0n) is 9.10. The number of ether oxygens (including phenoxy) is 1. The Bertz CT molecular complexity index is 517. The van der Waals surface area contributed by atoms with Gasteiger partial charge in [0.05, 0.1) is 7.11 Å². The topological polar surface area (TPSA) is 9.23 Å². The Morgan fingerprint density at radius 1 is 1.07 bits per heavy atom. The summed E-state index contributed by atoms with van der Waals surface area (Å²) >= 11 is 3.58. The number of hydrogen-bond acceptors (Lipinski definition) is 1. The van der Waals surface area contributed by atoms with E-state index in [0.717, 1.165) is 15.8 Å². The number of rotatable bonds is 1. The Kier molecular flexibility index (Phi) is 2.70. The van der Waals surface area contributed by atoms with E-state index >= 15 is 0 Å². The van der Waals surface area contributed by atoms with Gasteiger partial charge in [0.2, 0.25) is 0 Å². The zero-order valence-corrected chi connectivity index (χ0v) is 10.7. The van der Waals surface area contributed by atoms with Crippen LogP contribution in [0.1, 0.15) is 11.1 Å². The molecular weight excluding hydrogens is 252 g/mol. The molecule has 0 aliphatic carbocycles. The quantitative estimate of drug-likeness (QED) is 0.749. The summed E-state index contributed by atoms with van der Waals surface area (Å²) < 4.78 is 6.57. The average molecular weight is 265 g/mol. The van der Waals surface area contributed by atoms with Crippen molar-refractivity contribution in [3.8, 4) is 5.75 Å². The van der Waals surface area contributed by atoms with E-state index in [4.69, 9.17) is 4.74 Å². The molecule has 2 rings (SSSR count). The molecule has 15 heavy (non-hydrogen) atoms. The van der Waals surface area contributed by atoms with Crippen molar-refractivity contribution in [1.29, 1.82) is 0 Å². The first-order chi connectivity index (χ1) is 7.13. The maximum absolute atomic E-state index is 5.45. The van der Waals surface area contributed by atoms with Gasteiger partial charge < -0.3 is 4.74 Å². The summed E-state index contributed by atoms with van der Waals surface area (Å²) in [7, 11) is 1.72. The molecule has 2 heteroatoms. The predicted molar refractivity (Wildman–Crippen MR) is 67.7 cm³/mol. The second kappa shape index (κ2) is 3.86. The molecule has 0 bridgehead atoms. The highest BCUT2D eigenvalue weighted by Crippen LogP contribution is 2.35. The molecule has 0 heterocycles. The molecule has 0 amide bonds. The molecule has 2 aromatic carbocycles. The van der Waals surface area contributed by atoms with Gasteiger partial charge in [-0.15, -0.1) is 0 Å². The summed E-state index contributed by atoms with van der Waals surface area (Å²) in [4.78, 5) is 0. The Hall–Kier alpha value is -1.02. The fourth-order valence-corrected chi connectivity index (χ4v) is 2.56. The predicted octanol–water partition coefficient (Wildman–Crippen LogP) is 4.23. The van der Waals surface area contributed by atoms with Crippen molar-refractivity contribution in [3.63, 3.8) is 0 Å². The smallest absolute Gasteiger partial charge is 0.129 e. The number of aryl methyl sites for hydroxylation is 2. The Labute approximate surface area is 98.2 Å². The van der Waals surface area contributed by atoms with Gasteiger partial charge in [-0.05, 0) is 36.9 Å². The van der Waals surface area contributed by atoms with Crippen molar-refractivity contribution >= 4 is 26.7 Å². The fourth-order valence-electron chi connectivity index (χ4n) is 1.87. The first kappa shape index (κ1) is 10.5. The normalized spacial score (nSPS) is 10.7. The third kappa shape index (κ3) is 1.74. The summed E-state index contributed by atoms with van der Waals surface area (Å²) in [5.74, 6) is 0.969. The van der Waals surface area contributed by atoms with Crippen LogP contribution in [0.25, 0.3) is 10.8 Å². The van der Waals surface area contributed by atoms with E-state index in [2.05, 4.69) is 54.0 Å². The molecule has 0 saturated heterocycles. The van der Waals surface area contributed by atoms with E-state index in [9.17, 15) is 0 Å². The SMILES string of the molecule is COc1c(C)cc(Br)c2ccc(C)cc12. The highest BCUT2D eigenvalue weighted by atomic mass is 79.9. The van der Waals surface area contributed by atoms with Gasteiger partial charge in [-0.1, -0.05) is 33.6 Å². The minimum atomic E-state index is 0.969. The molecule has 0 radical (unpaired) electrons. The van der Waals surface area contributed by atoms with E-state index in [1.165, 1.54) is 16.3 Å². The third-order valence-electron chi connectivity index (χ3n) is 2.58. The van der Waals surface area contributed by atoms with Gasteiger partial charge >= 0.3 is 0 Å². The van der Waals surface area contributed by atoms with E-state index in [-0.39, 0.29) is 0 Å². The number of hydrogen-bond donors (Lipinski definition) is 0. The van der Waals surface area contributed by atoms with Crippen molar-refractivity contribution in [3.05, 3.63) is 39.9 Å². The van der Waals surface area contributed by atoms with E-state index in [0.29, 0.717) is 0 Å². The Morgan fingerprint density at radius 2 is 1.80 bits per heavy atom. The largest absolute Gasteiger partial charge is 0.496 e. The van der Waals surface area contributed by atoms with Gasteiger partial charge in [0, 0.05) is 9.86 Å². The van der Waals surface area contributed by atoms with Gasteiger partial charge in [-0.3, -0.25) is 0 Å². The lowest BCUT2D eigenvalue weighted by molar-refractivity contribution is 0.416. The van der Waals surface area contributed by atoms with Crippen LogP contribution in [-0.4, -0.2) is 7.11 Å². The maximum atomic E-state index is 5.45. The molecule has 0 aliphatic rings. The summed E-state index contributed by atoms with van der Waals surface area (Å²) in [6.45, 7) is 4.15. The maximum Gasteiger partial charge on any atom is 0.129 e. The summed E-state index contributed by atoms with van der Waals surface area (Å²) in [5.41, 5.74) is 2.40. The number of halogens is 1. The van der Waals surface area contributed by atoms with Gasteiger partial charge in [-0.2, -0.15) is 0 Å². The van der Waals surface area contributed by atoms with Crippen LogP contribution in [0.4, 0.5) is 0 Å². The molecule has 2 aromatic rings.